The molecule has 1 aliphatic carbocycles. The maximum Gasteiger partial charge on any atom is 0.410 e. The molecule has 1 unspecified atom stereocenters. The molecule has 8 rings (SSSR count). The van der Waals surface area contributed by atoms with Gasteiger partial charge in [-0.25, -0.2) is 14.0 Å². The van der Waals surface area contributed by atoms with Crippen molar-refractivity contribution < 1.29 is 42.1 Å². The zero-order valence-electron chi connectivity index (χ0n) is 33.6. The van der Waals surface area contributed by atoms with Crippen molar-refractivity contribution in [2.45, 2.75) is 90.2 Å². The van der Waals surface area contributed by atoms with Gasteiger partial charge in [-0.05, 0) is 88.8 Å². The van der Waals surface area contributed by atoms with Crippen LogP contribution in [-0.2, 0) is 37.6 Å². The number of nitrogens with zero attached hydrogens (tertiary/aromatic N) is 4. The number of halogens is 1. The molecule has 2 atom stereocenters. The van der Waals surface area contributed by atoms with Gasteiger partial charge in [0.05, 0.1) is 59.3 Å². The predicted molar refractivity (Wildman–Crippen MR) is 215 cm³/mol. The second-order valence-electron chi connectivity index (χ2n) is 15.8. The summed E-state index contributed by atoms with van der Waals surface area (Å²) in [5, 5.41) is 11.8. The lowest BCUT2D eigenvalue weighted by atomic mass is 9.89. The van der Waals surface area contributed by atoms with Crippen LogP contribution in [0.15, 0.2) is 65.1 Å². The Bertz CT molecular complexity index is 2380. The van der Waals surface area contributed by atoms with Crippen LogP contribution in [0.5, 0.6) is 0 Å². The van der Waals surface area contributed by atoms with E-state index in [4.69, 9.17) is 28.3 Å². The number of nitrogens with one attached hydrogen (secondary N) is 1. The van der Waals surface area contributed by atoms with E-state index in [1.807, 2.05) is 18.2 Å². The molecule has 13 nitrogen and oxygen atoms in total. The molecular formula is C44H46FN5O8S. The summed E-state index contributed by atoms with van der Waals surface area (Å²) in [4.78, 5) is 50.2. The molecule has 0 bridgehead atoms. The molecule has 15 heteroatoms. The summed E-state index contributed by atoms with van der Waals surface area (Å²) in [5.74, 6) is -2.49. The molecule has 5 heterocycles. The number of thiophene rings is 1. The summed E-state index contributed by atoms with van der Waals surface area (Å²) in [5.41, 5.74) is 3.40. The molecular weight excluding hydrogens is 778 g/mol. The van der Waals surface area contributed by atoms with Crippen LogP contribution in [0.2, 0.25) is 0 Å². The molecule has 3 aromatic heterocycles. The Morgan fingerprint density at radius 3 is 2.47 bits per heavy atom. The lowest BCUT2D eigenvalue weighted by molar-refractivity contribution is -0.165. The number of carbonyl (C=O) groups is 3. The van der Waals surface area contributed by atoms with Gasteiger partial charge in [-0.2, -0.15) is 0 Å². The van der Waals surface area contributed by atoms with Gasteiger partial charge >= 0.3 is 12.1 Å². The highest BCUT2D eigenvalue weighted by molar-refractivity contribution is 7.17. The first kappa shape index (κ1) is 40.3. The van der Waals surface area contributed by atoms with E-state index < -0.39 is 35.3 Å². The third-order valence-electron chi connectivity index (χ3n) is 10.7. The summed E-state index contributed by atoms with van der Waals surface area (Å²) in [6.07, 6.45) is 2.13. The third-order valence-corrected chi connectivity index (χ3v) is 11.8. The minimum absolute atomic E-state index is 0.0442. The number of ether oxygens (including phenoxy) is 4. The van der Waals surface area contributed by atoms with Crippen LogP contribution in [-0.4, -0.2) is 70.0 Å². The van der Waals surface area contributed by atoms with Crippen LogP contribution in [0.1, 0.15) is 113 Å². The number of likely N-dealkylation sites (tertiary alicyclic amines) is 1. The molecule has 2 aromatic carbocycles. The second-order valence-corrected chi connectivity index (χ2v) is 16.9. The van der Waals surface area contributed by atoms with Crippen LogP contribution < -0.4 is 5.32 Å². The van der Waals surface area contributed by atoms with Crippen molar-refractivity contribution in [1.29, 1.82) is 0 Å². The lowest BCUT2D eigenvalue weighted by Crippen LogP contribution is -2.37. The first-order chi connectivity index (χ1) is 28.3. The molecule has 0 spiro atoms. The monoisotopic (exact) mass is 823 g/mol. The van der Waals surface area contributed by atoms with E-state index in [-0.39, 0.29) is 61.2 Å². The Kier molecular flexibility index (Phi) is 11.1. The van der Waals surface area contributed by atoms with Gasteiger partial charge < -0.3 is 28.7 Å². The maximum atomic E-state index is 14.5. The number of carbonyl (C=O) groups excluding carboxylic acids is 3. The van der Waals surface area contributed by atoms with Crippen LogP contribution in [0.4, 0.5) is 9.18 Å². The molecule has 3 aliphatic rings. The van der Waals surface area contributed by atoms with Gasteiger partial charge in [0.1, 0.15) is 11.4 Å². The lowest BCUT2D eigenvalue weighted by Gasteiger charge is -2.32. The van der Waals surface area contributed by atoms with E-state index in [9.17, 15) is 18.8 Å². The fourth-order valence-electron chi connectivity index (χ4n) is 8.18. The summed E-state index contributed by atoms with van der Waals surface area (Å²) in [6, 6.07) is 16.6. The molecule has 1 N–H and O–H groups in total. The van der Waals surface area contributed by atoms with E-state index in [1.54, 1.807) is 63.8 Å². The van der Waals surface area contributed by atoms with Gasteiger partial charge in [0, 0.05) is 35.9 Å². The molecule has 0 radical (unpaired) electrons. The average molecular weight is 824 g/mol. The van der Waals surface area contributed by atoms with E-state index in [1.165, 1.54) is 29.0 Å². The fraction of sp³-hybridized carbons (Fsp3) is 0.409. The Morgan fingerprint density at radius 1 is 1.00 bits per heavy atom. The van der Waals surface area contributed by atoms with Crippen molar-refractivity contribution in [3.63, 3.8) is 0 Å². The van der Waals surface area contributed by atoms with E-state index >= 15 is 0 Å². The van der Waals surface area contributed by atoms with Crippen molar-refractivity contribution in [2.24, 2.45) is 0 Å². The number of hydrogen-bond acceptors (Lipinski definition) is 12. The highest BCUT2D eigenvalue weighted by Gasteiger charge is 2.44. The molecule has 2 fully saturated rings. The Hall–Kier alpha value is -5.51. The summed E-state index contributed by atoms with van der Waals surface area (Å²) in [6.45, 7) is 9.64. The number of hydrogen-bond donors (Lipinski definition) is 1. The van der Waals surface area contributed by atoms with Gasteiger partial charge in [0.2, 0.25) is 17.6 Å². The number of aryl methyl sites for hydroxylation is 2. The van der Waals surface area contributed by atoms with Crippen LogP contribution in [0.3, 0.4) is 0 Å². The number of esters is 1. The summed E-state index contributed by atoms with van der Waals surface area (Å²) in [7, 11) is 0. The van der Waals surface area contributed by atoms with Gasteiger partial charge in [0.25, 0.3) is 5.91 Å². The van der Waals surface area contributed by atoms with Crippen molar-refractivity contribution in [1.82, 2.24) is 25.4 Å². The molecule has 0 saturated carbocycles. The third kappa shape index (κ3) is 8.10. The first-order valence-corrected chi connectivity index (χ1v) is 20.7. The molecule has 5 aromatic rings. The van der Waals surface area contributed by atoms with Gasteiger partial charge in [-0.3, -0.25) is 14.7 Å². The average Bonchev–Trinajstić information content (AvgIpc) is 4.06. The normalized spacial score (nSPS) is 18.5. The number of amides is 2. The SMILES string of the molecule is CCOC(=O)c1c([C@@H]2CCCN2C(=O)OC(C)(C)C)nc(CC2(c3ccc(F)cc3)OCCO2)c(-c2nnc(C)o2)c1-c1ccc(C(=O)NC2CCc3ccccc32)s1. The van der Waals surface area contributed by atoms with Crippen LogP contribution in [0.25, 0.3) is 21.9 Å². The van der Waals surface area contributed by atoms with E-state index in [2.05, 4.69) is 21.6 Å². The highest BCUT2D eigenvalue weighted by atomic mass is 32.1. The zero-order valence-corrected chi connectivity index (χ0v) is 34.4. The second kappa shape index (κ2) is 16.3. The highest BCUT2D eigenvalue weighted by Crippen LogP contribution is 2.47. The maximum absolute atomic E-state index is 14.5. The van der Waals surface area contributed by atoms with Crippen molar-refractivity contribution in [3.05, 3.63) is 111 Å². The molecule has 59 heavy (non-hydrogen) atoms. The Balaban J connectivity index is 1.34. The fourth-order valence-corrected chi connectivity index (χ4v) is 9.15. The van der Waals surface area contributed by atoms with Crippen molar-refractivity contribution >= 4 is 29.3 Å². The van der Waals surface area contributed by atoms with Crippen molar-refractivity contribution in [3.8, 4) is 21.9 Å². The molecule has 2 amide bonds. The minimum atomic E-state index is -1.43. The van der Waals surface area contributed by atoms with Crippen LogP contribution in [0, 0.1) is 12.7 Å². The largest absolute Gasteiger partial charge is 0.462 e. The Labute approximate surface area is 345 Å². The predicted octanol–water partition coefficient (Wildman–Crippen LogP) is 8.42. The smallest absolute Gasteiger partial charge is 0.410 e. The number of pyridine rings is 1. The Morgan fingerprint density at radius 2 is 1.76 bits per heavy atom. The number of aromatic nitrogens is 3. The minimum Gasteiger partial charge on any atom is -0.462 e. The quantitative estimate of drug-likeness (QED) is 0.135. The van der Waals surface area contributed by atoms with Crippen molar-refractivity contribution in [2.75, 3.05) is 26.4 Å². The number of benzene rings is 2. The summed E-state index contributed by atoms with van der Waals surface area (Å²) >= 11 is 1.19. The van der Waals surface area contributed by atoms with Crippen LogP contribution >= 0.6 is 11.3 Å². The first-order valence-electron chi connectivity index (χ1n) is 19.9. The van der Waals surface area contributed by atoms with Gasteiger partial charge in [-0.15, -0.1) is 21.5 Å². The van der Waals surface area contributed by atoms with E-state index in [0.717, 1.165) is 18.4 Å². The van der Waals surface area contributed by atoms with E-state index in [0.29, 0.717) is 51.5 Å². The zero-order chi connectivity index (χ0) is 41.5. The standard InChI is InChI=1S/C44H46FN5O8S/c1-6-54-41(52)37-36(33-19-20-34(59-33)39(51)47-30-18-13-26-10-7-8-11-29(26)30)35(40-49-48-25(2)57-40)31(24-44(55-22-23-56-44)27-14-16-28(45)17-15-27)46-38(37)32-12-9-21-50(32)42(53)58-43(3,4)5/h7-8,10-11,14-17,19-20,30,32H,6,9,12-13,18,21-24H2,1-5H3,(H,47,51)/t30?,32-/m0/s1. The number of fused-ring (bicyclic) bond motifs is 1. The molecule has 308 valence electrons. The molecule has 2 aliphatic heterocycles. The topological polar surface area (TPSA) is 155 Å². The van der Waals surface area contributed by atoms with Gasteiger partial charge in [-0.1, -0.05) is 36.4 Å². The molecule has 2 saturated heterocycles. The number of rotatable bonds is 10. The van der Waals surface area contributed by atoms with Gasteiger partial charge in [0.15, 0.2) is 0 Å². The summed E-state index contributed by atoms with van der Waals surface area (Å²) < 4.78 is 44.7.